The van der Waals surface area contributed by atoms with Gasteiger partial charge in [0.1, 0.15) is 19.0 Å². The van der Waals surface area contributed by atoms with Gasteiger partial charge in [0.25, 0.3) is 0 Å². The molecular formula is C87H154B2N10O. The molecule has 0 aromatic heterocycles. The molecule has 0 spiro atoms. The van der Waals surface area contributed by atoms with Gasteiger partial charge in [-0.15, -0.1) is 0 Å². The molecule has 15 aliphatic rings. The Morgan fingerprint density at radius 1 is 0.360 bits per heavy atom. The number of nitrogens with one attached hydrogen (secondary N) is 3. The van der Waals surface area contributed by atoms with E-state index in [2.05, 4.69) is 219 Å². The number of hydrogen-bond donors (Lipinski definition) is 5. The fraction of sp³-hybridized carbons (Fsp3) is 0.644. The Kier molecular flexibility index (Phi) is 55.0. The Labute approximate surface area is 618 Å². The summed E-state index contributed by atoms with van der Waals surface area (Å²) in [6.45, 7) is 59.9. The minimum Gasteiger partial charge on any atom is -0.399 e. The zero-order valence-corrected chi connectivity index (χ0v) is 67.9. The van der Waals surface area contributed by atoms with Crippen LogP contribution in [0.2, 0.25) is 27.3 Å². The van der Waals surface area contributed by atoms with E-state index in [1.54, 1.807) is 0 Å². The first-order valence-electron chi connectivity index (χ1n) is 40.8. The number of hydrogen-bond acceptors (Lipinski definition) is 11. The molecule has 5 aromatic carbocycles. The van der Waals surface area contributed by atoms with Crippen molar-refractivity contribution < 1.29 is 4.79 Å². The topological polar surface area (TPSA) is 121 Å². The zero-order valence-electron chi connectivity index (χ0n) is 67.9. The summed E-state index contributed by atoms with van der Waals surface area (Å²) < 4.78 is 0. The minimum absolute atomic E-state index is 0.440. The number of benzene rings is 5. The maximum atomic E-state index is 11.0. The van der Waals surface area contributed by atoms with Crippen molar-refractivity contribution in [2.24, 2.45) is 35.3 Å². The van der Waals surface area contributed by atoms with Crippen LogP contribution in [-0.2, 0) is 4.79 Å². The number of para-hydroxylation sites is 4. The van der Waals surface area contributed by atoms with E-state index in [9.17, 15) is 4.79 Å². The van der Waals surface area contributed by atoms with Crippen molar-refractivity contribution in [3.05, 3.63) is 157 Å². The maximum absolute atomic E-state index is 11.0. The molecule has 100 heavy (non-hydrogen) atoms. The molecule has 5 aromatic rings. The highest BCUT2D eigenvalue weighted by Gasteiger charge is 2.37. The Morgan fingerprint density at radius 3 is 0.740 bits per heavy atom. The largest absolute Gasteiger partial charge is 0.399 e. The van der Waals surface area contributed by atoms with Crippen LogP contribution >= 0.6 is 0 Å². The molecule has 0 aliphatic carbocycles. The van der Waals surface area contributed by atoms with Crippen LogP contribution in [0.25, 0.3) is 0 Å². The van der Waals surface area contributed by atoms with Gasteiger partial charge in [0.05, 0.1) is 6.54 Å². The average molecular weight is 1380 g/mol. The van der Waals surface area contributed by atoms with Gasteiger partial charge >= 0.3 is 0 Å². The quantitative estimate of drug-likeness (QED) is 0.0791. The maximum Gasteiger partial charge on any atom is 0.149 e. The number of anilines is 4. The van der Waals surface area contributed by atoms with Gasteiger partial charge in [-0.3, -0.25) is 9.69 Å². The number of nitrogen functional groups attached to an aromatic ring is 1. The number of ketones is 1. The second-order valence-electron chi connectivity index (χ2n) is 28.3. The molecule has 15 heterocycles. The van der Waals surface area contributed by atoms with E-state index in [0.29, 0.717) is 35.9 Å². The number of piperidine rings is 15. The number of carbonyl (C=O) groups excluding carboxylic acids is 1. The van der Waals surface area contributed by atoms with Crippen molar-refractivity contribution in [2.45, 2.75) is 239 Å². The smallest absolute Gasteiger partial charge is 0.149 e. The lowest BCUT2D eigenvalue weighted by atomic mass is 9.12. The lowest BCUT2D eigenvalue weighted by molar-refractivity contribution is -0.130. The van der Waals surface area contributed by atoms with Crippen molar-refractivity contribution in [1.82, 2.24) is 24.5 Å². The first-order valence-corrected chi connectivity index (χ1v) is 40.8. The lowest BCUT2D eigenvalue weighted by Gasteiger charge is -2.45. The van der Waals surface area contributed by atoms with Crippen LogP contribution in [0.4, 0.5) is 22.7 Å². The van der Waals surface area contributed by atoms with E-state index in [-0.39, 0.29) is 0 Å². The second kappa shape index (κ2) is 59.3. The number of nitrogens with zero attached hydrogens (tertiary/aromatic N) is 5. The standard InChI is InChI=1S/3C13H18N2.C7H14N2.C7H11NO.C7H8.C6H7N.C4H12B2.3C3H8.4C2H6/c3*1-2-4-12(5-3-1)14-13-10-15-8-6-11(13)7-9-15;8-7-5-9-3-1-6(7)2-4-9;9-7-5-8-3-1-6(7)2-4-8;1-7-5-3-2-4-6-7;7-6-4-2-1-3-5-6;1-5(2)6(3)4;3*1-3-2;4*1-2/h3*1-5,11,13-14H,6-10H2;6-7H,1-5,8H2;6H,1-5H2;2-6H,1H3;1-5H,7H2;1-4H3;3*3H2,1-2H3;4*1-2H3/t3*13-;7-;;;;;;;;;;;/m0000.........../s1. The SMILES string of the molecule is CB(C)B(C)C.CC.CC.CC.CC.CCC.CCC.CCC.Cc1ccccc1.N[C@H]1CN2CCC1CC2.Nc1ccccc1.O=C1CN2CCC1CC2.c1ccc(N[C@H]2CN3CCC2CC3)cc1.c1ccc(N[C@H]2CN3CCC2CC3)cc1.c1ccc(N[C@H]2CN3CCC2CC3)cc1. The Bertz CT molecular complexity index is 2340. The predicted octanol–water partition coefficient (Wildman–Crippen LogP) is 20.1. The monoisotopic (exact) mass is 1380 g/mol. The van der Waals surface area contributed by atoms with Crippen LogP contribution in [0, 0.1) is 36.5 Å². The third-order valence-corrected chi connectivity index (χ3v) is 19.5. The van der Waals surface area contributed by atoms with E-state index in [0.717, 1.165) is 81.6 Å². The number of rotatable bonds is 7. The van der Waals surface area contributed by atoms with E-state index in [1.165, 1.54) is 165 Å². The van der Waals surface area contributed by atoms with Crippen LogP contribution in [0.1, 0.15) is 186 Å². The lowest BCUT2D eigenvalue weighted by Crippen LogP contribution is -2.54. The van der Waals surface area contributed by atoms with E-state index in [4.69, 9.17) is 11.5 Å². The highest BCUT2D eigenvalue weighted by Crippen LogP contribution is 2.32. The van der Waals surface area contributed by atoms with Crippen molar-refractivity contribution in [1.29, 1.82) is 0 Å². The molecule has 15 fully saturated rings. The Morgan fingerprint density at radius 2 is 0.600 bits per heavy atom. The fourth-order valence-corrected chi connectivity index (χ4v) is 13.4. The molecule has 15 aliphatic heterocycles. The number of fused-ring (bicyclic) bond motifs is 15. The highest BCUT2D eigenvalue weighted by molar-refractivity contribution is 7.20. The predicted molar refractivity (Wildman–Crippen MR) is 451 cm³/mol. The third-order valence-electron chi connectivity index (χ3n) is 19.5. The number of nitrogens with two attached hydrogens (primary N) is 2. The summed E-state index contributed by atoms with van der Waals surface area (Å²) >= 11 is 0. The van der Waals surface area contributed by atoms with Gasteiger partial charge in [0.15, 0.2) is 0 Å². The van der Waals surface area contributed by atoms with Gasteiger partial charge in [-0.2, -0.15) is 0 Å². The molecule has 0 amide bonds. The summed E-state index contributed by atoms with van der Waals surface area (Å²) in [6.07, 6.45) is 17.0. The van der Waals surface area contributed by atoms with Crippen LogP contribution in [0.15, 0.2) is 152 Å². The van der Waals surface area contributed by atoms with Crippen LogP contribution < -0.4 is 27.4 Å². The third kappa shape index (κ3) is 39.5. The van der Waals surface area contributed by atoms with Crippen LogP contribution in [0.3, 0.4) is 0 Å². The molecule has 13 heteroatoms. The molecule has 10 bridgehead atoms. The minimum atomic E-state index is 0.440. The van der Waals surface area contributed by atoms with Gasteiger partial charge < -0.3 is 47.0 Å². The summed E-state index contributed by atoms with van der Waals surface area (Å²) in [7, 11) is 0. The first kappa shape index (κ1) is 92.9. The van der Waals surface area contributed by atoms with Crippen molar-refractivity contribution in [2.75, 3.05) is 120 Å². The van der Waals surface area contributed by atoms with Crippen molar-refractivity contribution in [3.63, 3.8) is 0 Å². The molecule has 564 valence electrons. The average Bonchev–Trinajstić information content (AvgIpc) is 0.824. The number of carbonyl (C=O) groups is 1. The molecule has 7 N–H and O–H groups in total. The van der Waals surface area contributed by atoms with Crippen molar-refractivity contribution in [3.8, 4) is 0 Å². The van der Waals surface area contributed by atoms with E-state index < -0.39 is 0 Å². The summed E-state index contributed by atoms with van der Waals surface area (Å²) in [6, 6.07) is 54.1. The Balaban J connectivity index is 0.000000563. The molecule has 0 radical (unpaired) electrons. The summed E-state index contributed by atoms with van der Waals surface area (Å²) in [5, 5.41) is 11.0. The van der Waals surface area contributed by atoms with Gasteiger partial charge in [0.2, 0.25) is 0 Å². The van der Waals surface area contributed by atoms with Crippen molar-refractivity contribution >= 4 is 41.7 Å². The Hall–Kier alpha value is -5.14. The molecule has 15 saturated heterocycles. The highest BCUT2D eigenvalue weighted by atomic mass is 16.1. The fourth-order valence-electron chi connectivity index (χ4n) is 13.4. The summed E-state index contributed by atoms with van der Waals surface area (Å²) in [4.78, 5) is 23.5. The van der Waals surface area contributed by atoms with E-state index in [1.807, 2.05) is 104 Å². The van der Waals surface area contributed by atoms with Gasteiger partial charge in [-0.05, 0) is 209 Å². The molecule has 4 atom stereocenters. The molecule has 0 unspecified atom stereocenters. The molecular weight excluding hydrogens is 1220 g/mol. The van der Waals surface area contributed by atoms with Gasteiger partial charge in [-0.25, -0.2) is 0 Å². The summed E-state index contributed by atoms with van der Waals surface area (Å²) in [5.74, 6) is 4.47. The van der Waals surface area contributed by atoms with Crippen LogP contribution in [-0.4, -0.2) is 166 Å². The van der Waals surface area contributed by atoms with Gasteiger partial charge in [0, 0.05) is 79.0 Å². The molecule has 11 nitrogen and oxygen atoms in total. The van der Waals surface area contributed by atoms with Crippen LogP contribution in [0.5, 0.6) is 0 Å². The normalized spacial score (nSPS) is 26.0. The number of aryl methyl sites for hydroxylation is 1. The number of Topliss-reactive ketones (excluding diaryl/α,β-unsaturated/α-hetero) is 1. The van der Waals surface area contributed by atoms with E-state index >= 15 is 0 Å². The zero-order chi connectivity index (χ0) is 74.3. The van der Waals surface area contributed by atoms with Gasteiger partial charge in [-0.1, -0.05) is 252 Å². The summed E-state index contributed by atoms with van der Waals surface area (Å²) in [5.41, 5.74) is 17.2. The second-order valence-corrected chi connectivity index (χ2v) is 28.3. The first-order chi connectivity index (χ1) is 48.6. The molecule has 0 saturated carbocycles. The molecule has 20 rings (SSSR count).